The normalized spacial score (nSPS) is 44.2. The monoisotopic (exact) mass is 279 g/mol. The highest BCUT2D eigenvalue weighted by molar-refractivity contribution is 5.88. The van der Waals surface area contributed by atoms with E-state index in [0.29, 0.717) is 12.0 Å². The van der Waals surface area contributed by atoms with Gasteiger partial charge in [0.05, 0.1) is 5.41 Å². The van der Waals surface area contributed by atoms with Crippen molar-refractivity contribution in [2.24, 2.45) is 16.0 Å². The number of ether oxygens (including phenoxy) is 1. The Labute approximate surface area is 120 Å². The number of likely N-dealkylation sites (tertiary alicyclic amines) is 1. The maximum absolute atomic E-state index is 6.23. The molecule has 0 aromatic heterocycles. The van der Waals surface area contributed by atoms with Crippen molar-refractivity contribution in [1.82, 2.24) is 10.2 Å². The number of oxime groups is 1. The summed E-state index contributed by atoms with van der Waals surface area (Å²) < 4.78 is 6.23. The second-order valence-corrected chi connectivity index (χ2v) is 7.22. The molecule has 1 saturated carbocycles. The summed E-state index contributed by atoms with van der Waals surface area (Å²) in [4.78, 5) is 8.01. The summed E-state index contributed by atoms with van der Waals surface area (Å²) in [6.45, 7) is 8.38. The Bertz CT molecular complexity index is 417. The maximum atomic E-state index is 6.23. The van der Waals surface area contributed by atoms with Gasteiger partial charge in [-0.25, -0.2) is 0 Å². The number of nitrogens with zero attached hydrogens (tertiary/aromatic N) is 2. The molecule has 3 atom stereocenters. The van der Waals surface area contributed by atoms with Crippen LogP contribution in [0.1, 0.15) is 32.6 Å². The third kappa shape index (κ3) is 1.94. The SMILES string of the molecule is C[C@@]12CNC[C@]1(C1=NOCC(CN3CCCCC3)O1)C2. The van der Waals surface area contributed by atoms with Crippen molar-refractivity contribution in [2.75, 3.05) is 39.3 Å². The summed E-state index contributed by atoms with van der Waals surface area (Å²) >= 11 is 0. The molecule has 1 N–H and O–H groups in total. The Hall–Kier alpha value is -0.810. The van der Waals surface area contributed by atoms with E-state index in [9.17, 15) is 0 Å². The van der Waals surface area contributed by atoms with Gasteiger partial charge in [0.25, 0.3) is 0 Å². The molecule has 2 saturated heterocycles. The van der Waals surface area contributed by atoms with E-state index in [1.165, 1.54) is 38.8 Å². The van der Waals surface area contributed by atoms with Crippen molar-refractivity contribution in [3.05, 3.63) is 0 Å². The lowest BCUT2D eigenvalue weighted by Gasteiger charge is -2.33. The van der Waals surface area contributed by atoms with Gasteiger partial charge < -0.3 is 14.9 Å². The molecule has 20 heavy (non-hydrogen) atoms. The van der Waals surface area contributed by atoms with Crippen LogP contribution in [-0.4, -0.2) is 56.2 Å². The zero-order valence-electron chi connectivity index (χ0n) is 12.4. The Morgan fingerprint density at radius 1 is 1.30 bits per heavy atom. The topological polar surface area (TPSA) is 46.1 Å². The summed E-state index contributed by atoms with van der Waals surface area (Å²) in [6.07, 6.45) is 5.35. The number of fused-ring (bicyclic) bond motifs is 1. The van der Waals surface area contributed by atoms with E-state index in [4.69, 9.17) is 9.57 Å². The first-order valence-electron chi connectivity index (χ1n) is 8.02. The van der Waals surface area contributed by atoms with Crippen LogP contribution in [0.15, 0.2) is 5.16 Å². The van der Waals surface area contributed by atoms with E-state index in [1.807, 2.05) is 0 Å². The van der Waals surface area contributed by atoms with Gasteiger partial charge >= 0.3 is 0 Å². The predicted octanol–water partition coefficient (Wildman–Crippen LogP) is 1.20. The van der Waals surface area contributed by atoms with Gasteiger partial charge in [-0.2, -0.15) is 0 Å². The average molecular weight is 279 g/mol. The van der Waals surface area contributed by atoms with Gasteiger partial charge in [-0.3, -0.25) is 4.90 Å². The largest absolute Gasteiger partial charge is 0.470 e. The lowest BCUT2D eigenvalue weighted by Crippen LogP contribution is -2.44. The van der Waals surface area contributed by atoms with Gasteiger partial charge in [0.1, 0.15) is 6.10 Å². The number of nitrogens with one attached hydrogen (secondary N) is 1. The molecule has 5 heteroatoms. The molecule has 0 bridgehead atoms. The van der Waals surface area contributed by atoms with Crippen LogP contribution in [0, 0.1) is 10.8 Å². The second kappa shape index (κ2) is 4.60. The quantitative estimate of drug-likeness (QED) is 0.843. The molecule has 4 aliphatic rings. The first-order valence-corrected chi connectivity index (χ1v) is 8.02. The Kier molecular flexibility index (Phi) is 2.96. The Balaban J connectivity index is 1.39. The number of piperidine rings is 2. The first-order chi connectivity index (χ1) is 9.72. The van der Waals surface area contributed by atoms with E-state index in [1.54, 1.807) is 0 Å². The third-order valence-electron chi connectivity index (χ3n) is 5.67. The van der Waals surface area contributed by atoms with Crippen LogP contribution in [0.25, 0.3) is 0 Å². The van der Waals surface area contributed by atoms with Gasteiger partial charge in [-0.15, -0.1) is 0 Å². The van der Waals surface area contributed by atoms with Crippen LogP contribution >= 0.6 is 0 Å². The molecule has 0 aromatic carbocycles. The van der Waals surface area contributed by atoms with Crippen LogP contribution in [-0.2, 0) is 9.57 Å². The van der Waals surface area contributed by atoms with Gasteiger partial charge in [0, 0.05) is 19.6 Å². The number of hydrogen-bond acceptors (Lipinski definition) is 5. The van der Waals surface area contributed by atoms with E-state index < -0.39 is 0 Å². The third-order valence-corrected chi connectivity index (χ3v) is 5.67. The fourth-order valence-corrected chi connectivity index (χ4v) is 4.20. The van der Waals surface area contributed by atoms with Crippen LogP contribution in [0.5, 0.6) is 0 Å². The van der Waals surface area contributed by atoms with Crippen molar-refractivity contribution in [3.63, 3.8) is 0 Å². The lowest BCUT2D eigenvalue weighted by atomic mass is 9.98. The minimum absolute atomic E-state index is 0.119. The second-order valence-electron chi connectivity index (χ2n) is 7.22. The molecule has 1 aliphatic carbocycles. The van der Waals surface area contributed by atoms with E-state index in [-0.39, 0.29) is 11.5 Å². The molecule has 112 valence electrons. The first kappa shape index (κ1) is 12.9. The van der Waals surface area contributed by atoms with Crippen LogP contribution in [0.4, 0.5) is 0 Å². The highest BCUT2D eigenvalue weighted by Crippen LogP contribution is 2.66. The predicted molar refractivity (Wildman–Crippen MR) is 76.6 cm³/mol. The van der Waals surface area contributed by atoms with Gasteiger partial charge in [-0.05, 0) is 37.8 Å². The zero-order chi connectivity index (χ0) is 13.6. The summed E-state index contributed by atoms with van der Waals surface area (Å²) in [7, 11) is 0. The molecular formula is C15H25N3O2. The van der Waals surface area contributed by atoms with Gasteiger partial charge in [0.15, 0.2) is 6.61 Å². The molecule has 0 radical (unpaired) electrons. The smallest absolute Gasteiger partial charge is 0.234 e. The minimum atomic E-state index is 0.119. The van der Waals surface area contributed by atoms with Crippen LogP contribution < -0.4 is 5.32 Å². The molecule has 5 nitrogen and oxygen atoms in total. The van der Waals surface area contributed by atoms with Gasteiger partial charge in [0.2, 0.25) is 5.90 Å². The van der Waals surface area contributed by atoms with Gasteiger partial charge in [-0.1, -0.05) is 18.5 Å². The van der Waals surface area contributed by atoms with Crippen LogP contribution in [0.3, 0.4) is 0 Å². The highest BCUT2D eigenvalue weighted by Gasteiger charge is 2.71. The summed E-state index contributed by atoms with van der Waals surface area (Å²) in [5, 5.41) is 7.72. The van der Waals surface area contributed by atoms with E-state index >= 15 is 0 Å². The molecular weight excluding hydrogens is 254 g/mol. The fourth-order valence-electron chi connectivity index (χ4n) is 4.20. The summed E-state index contributed by atoms with van der Waals surface area (Å²) in [5.41, 5.74) is 0.454. The molecule has 3 heterocycles. The maximum Gasteiger partial charge on any atom is 0.234 e. The fraction of sp³-hybridized carbons (Fsp3) is 0.933. The lowest BCUT2D eigenvalue weighted by molar-refractivity contribution is -0.0169. The molecule has 0 aromatic rings. The Morgan fingerprint density at radius 2 is 2.15 bits per heavy atom. The minimum Gasteiger partial charge on any atom is -0.470 e. The van der Waals surface area contributed by atoms with Crippen molar-refractivity contribution < 1.29 is 9.57 Å². The molecule has 3 fully saturated rings. The van der Waals surface area contributed by atoms with Crippen molar-refractivity contribution >= 4 is 5.90 Å². The zero-order valence-corrected chi connectivity index (χ0v) is 12.4. The van der Waals surface area contributed by atoms with Crippen molar-refractivity contribution in [2.45, 2.75) is 38.7 Å². The molecule has 1 unspecified atom stereocenters. The number of hydrogen-bond donors (Lipinski definition) is 1. The Morgan fingerprint density at radius 3 is 2.85 bits per heavy atom. The molecule has 4 rings (SSSR count). The molecule has 0 amide bonds. The molecule has 3 aliphatic heterocycles. The van der Waals surface area contributed by atoms with Crippen molar-refractivity contribution in [1.29, 1.82) is 0 Å². The number of rotatable bonds is 3. The van der Waals surface area contributed by atoms with Crippen LogP contribution in [0.2, 0.25) is 0 Å². The summed E-state index contributed by atoms with van der Waals surface area (Å²) in [5.74, 6) is 0.859. The highest BCUT2D eigenvalue weighted by atomic mass is 16.7. The van der Waals surface area contributed by atoms with Crippen molar-refractivity contribution in [3.8, 4) is 0 Å². The molecule has 0 spiro atoms. The summed E-state index contributed by atoms with van der Waals surface area (Å²) in [6, 6.07) is 0. The van der Waals surface area contributed by atoms with E-state index in [0.717, 1.165) is 25.5 Å². The van der Waals surface area contributed by atoms with E-state index in [2.05, 4.69) is 22.3 Å². The average Bonchev–Trinajstić information content (AvgIpc) is 2.94. The standard InChI is InChI=1S/C15H25N3O2/c1-14-9-15(14,11-16-10-14)13-17-19-8-12(20-13)7-18-5-3-2-4-6-18/h12,16H,2-11H2,1H3/t12?,14-,15+/m1/s1.